The fraction of sp³-hybridized carbons (Fsp3) is 0.421. The molecule has 0 radical (unpaired) electrons. The Labute approximate surface area is 142 Å². The average Bonchev–Trinajstić information content (AvgIpc) is 2.55. The van der Waals surface area contributed by atoms with Crippen molar-refractivity contribution in [2.45, 2.75) is 40.3 Å². The minimum absolute atomic E-state index is 0.239. The van der Waals surface area contributed by atoms with Gasteiger partial charge in [-0.05, 0) is 50.1 Å². The third kappa shape index (κ3) is 4.51. The van der Waals surface area contributed by atoms with E-state index in [9.17, 15) is 8.78 Å². The van der Waals surface area contributed by atoms with E-state index in [0.29, 0.717) is 41.8 Å². The molecule has 1 aromatic carbocycles. The molecule has 130 valence electrons. The molecule has 1 N–H and O–H groups in total. The molecule has 5 heteroatoms. The summed E-state index contributed by atoms with van der Waals surface area (Å²) in [6.07, 6.45) is 0. The van der Waals surface area contributed by atoms with E-state index in [-0.39, 0.29) is 17.7 Å². The van der Waals surface area contributed by atoms with Gasteiger partial charge in [-0.1, -0.05) is 13.8 Å². The van der Waals surface area contributed by atoms with Crippen LogP contribution in [-0.2, 0) is 6.54 Å². The molecule has 2 aromatic rings. The number of nitrogens with one attached hydrogen (secondary N) is 1. The SMILES string of the molecule is CCOc1ccc(F)cc1-c1ccc(F)c(CN[C@H](C)C(C)C)n1. The first-order valence-electron chi connectivity index (χ1n) is 8.23. The summed E-state index contributed by atoms with van der Waals surface area (Å²) >= 11 is 0. The number of hydrogen-bond donors (Lipinski definition) is 1. The van der Waals surface area contributed by atoms with Crippen LogP contribution < -0.4 is 10.1 Å². The van der Waals surface area contributed by atoms with Gasteiger partial charge in [0.15, 0.2) is 0 Å². The van der Waals surface area contributed by atoms with Crippen molar-refractivity contribution in [3.8, 4) is 17.0 Å². The fourth-order valence-electron chi connectivity index (χ4n) is 2.24. The van der Waals surface area contributed by atoms with Gasteiger partial charge in [-0.25, -0.2) is 13.8 Å². The smallest absolute Gasteiger partial charge is 0.146 e. The van der Waals surface area contributed by atoms with E-state index in [1.54, 1.807) is 12.1 Å². The predicted octanol–water partition coefficient (Wildman–Crippen LogP) is 4.56. The third-order valence-electron chi connectivity index (χ3n) is 4.03. The van der Waals surface area contributed by atoms with Crippen molar-refractivity contribution in [1.29, 1.82) is 0 Å². The zero-order valence-electron chi connectivity index (χ0n) is 14.6. The summed E-state index contributed by atoms with van der Waals surface area (Å²) in [5.74, 6) is 0.209. The van der Waals surface area contributed by atoms with Gasteiger partial charge >= 0.3 is 0 Å². The number of aromatic nitrogens is 1. The van der Waals surface area contributed by atoms with Crippen LogP contribution >= 0.6 is 0 Å². The lowest BCUT2D eigenvalue weighted by atomic mass is 10.1. The number of halogens is 2. The molecular weight excluding hydrogens is 310 g/mol. The summed E-state index contributed by atoms with van der Waals surface area (Å²) in [6.45, 7) is 8.87. The molecule has 0 unspecified atom stereocenters. The molecule has 0 saturated heterocycles. The standard InChI is InChI=1S/C19H24F2N2O/c1-5-24-19-9-6-14(20)10-15(19)17-8-7-16(21)18(23-17)11-22-13(4)12(2)3/h6-10,12-13,22H,5,11H2,1-4H3/t13-/m1/s1. The molecule has 1 heterocycles. The average molecular weight is 334 g/mol. The quantitative estimate of drug-likeness (QED) is 0.806. The summed E-state index contributed by atoms with van der Waals surface area (Å²) in [5.41, 5.74) is 1.33. The Morgan fingerprint density at radius 1 is 1.12 bits per heavy atom. The second-order valence-corrected chi connectivity index (χ2v) is 6.11. The molecule has 0 bridgehead atoms. The van der Waals surface area contributed by atoms with Gasteiger partial charge in [0.1, 0.15) is 17.4 Å². The Kier molecular flexibility index (Phi) is 6.26. The summed E-state index contributed by atoms with van der Waals surface area (Å²) in [5, 5.41) is 3.26. The van der Waals surface area contributed by atoms with E-state index < -0.39 is 0 Å². The van der Waals surface area contributed by atoms with Crippen molar-refractivity contribution < 1.29 is 13.5 Å². The number of pyridine rings is 1. The molecule has 0 aliphatic rings. The summed E-state index contributed by atoms with van der Waals surface area (Å²) in [6, 6.07) is 7.41. The van der Waals surface area contributed by atoms with E-state index in [4.69, 9.17) is 4.74 Å². The van der Waals surface area contributed by atoms with Gasteiger partial charge in [-0.2, -0.15) is 0 Å². The molecule has 0 spiro atoms. The number of ether oxygens (including phenoxy) is 1. The Morgan fingerprint density at radius 3 is 2.54 bits per heavy atom. The van der Waals surface area contributed by atoms with Crippen LogP contribution in [0.1, 0.15) is 33.4 Å². The minimum atomic E-state index is -0.382. The molecule has 0 fully saturated rings. The van der Waals surface area contributed by atoms with Gasteiger partial charge in [-0.15, -0.1) is 0 Å². The lowest BCUT2D eigenvalue weighted by Gasteiger charge is -2.17. The minimum Gasteiger partial charge on any atom is -0.493 e. The van der Waals surface area contributed by atoms with Crippen LogP contribution in [-0.4, -0.2) is 17.6 Å². The van der Waals surface area contributed by atoms with Crippen molar-refractivity contribution in [2.75, 3.05) is 6.61 Å². The summed E-state index contributed by atoms with van der Waals surface area (Å²) < 4.78 is 33.2. The Morgan fingerprint density at radius 2 is 1.88 bits per heavy atom. The van der Waals surface area contributed by atoms with Crippen molar-refractivity contribution in [1.82, 2.24) is 10.3 Å². The lowest BCUT2D eigenvalue weighted by molar-refractivity contribution is 0.341. The van der Waals surface area contributed by atoms with Crippen LogP contribution in [0.3, 0.4) is 0 Å². The Bertz CT molecular complexity index is 689. The van der Waals surface area contributed by atoms with Gasteiger partial charge in [-0.3, -0.25) is 0 Å². The molecule has 0 saturated carbocycles. The van der Waals surface area contributed by atoms with Crippen molar-refractivity contribution in [3.05, 3.63) is 47.7 Å². The Balaban J connectivity index is 2.32. The van der Waals surface area contributed by atoms with Crippen LogP contribution in [0.25, 0.3) is 11.3 Å². The highest BCUT2D eigenvalue weighted by Gasteiger charge is 2.14. The molecule has 0 amide bonds. The van der Waals surface area contributed by atoms with Gasteiger partial charge in [0.05, 0.1) is 18.0 Å². The molecule has 1 atom stereocenters. The van der Waals surface area contributed by atoms with Crippen molar-refractivity contribution >= 4 is 0 Å². The second-order valence-electron chi connectivity index (χ2n) is 6.11. The highest BCUT2D eigenvalue weighted by Crippen LogP contribution is 2.30. The largest absolute Gasteiger partial charge is 0.493 e. The molecule has 0 aliphatic carbocycles. The van der Waals surface area contributed by atoms with Crippen LogP contribution in [0.2, 0.25) is 0 Å². The first-order chi connectivity index (χ1) is 11.4. The van der Waals surface area contributed by atoms with Crippen molar-refractivity contribution in [2.24, 2.45) is 5.92 Å². The van der Waals surface area contributed by atoms with Gasteiger partial charge in [0, 0.05) is 18.2 Å². The topological polar surface area (TPSA) is 34.1 Å². The van der Waals surface area contributed by atoms with E-state index in [0.717, 1.165) is 0 Å². The van der Waals surface area contributed by atoms with E-state index in [1.807, 2.05) is 13.8 Å². The first kappa shape index (κ1) is 18.3. The molecule has 0 aliphatic heterocycles. The number of hydrogen-bond acceptors (Lipinski definition) is 3. The van der Waals surface area contributed by atoms with Gasteiger partial charge in [0.2, 0.25) is 0 Å². The number of nitrogens with zero attached hydrogens (tertiary/aromatic N) is 1. The maximum atomic E-state index is 14.1. The molecule has 3 nitrogen and oxygen atoms in total. The van der Waals surface area contributed by atoms with E-state index in [2.05, 4.69) is 24.1 Å². The third-order valence-corrected chi connectivity index (χ3v) is 4.03. The lowest BCUT2D eigenvalue weighted by Crippen LogP contribution is -2.30. The second kappa shape index (κ2) is 8.20. The monoisotopic (exact) mass is 334 g/mol. The fourth-order valence-corrected chi connectivity index (χ4v) is 2.24. The summed E-state index contributed by atoms with van der Waals surface area (Å²) in [7, 11) is 0. The van der Waals surface area contributed by atoms with Crippen LogP contribution in [0.4, 0.5) is 8.78 Å². The highest BCUT2D eigenvalue weighted by atomic mass is 19.1. The molecule has 1 aromatic heterocycles. The number of rotatable bonds is 7. The Hall–Kier alpha value is -2.01. The maximum absolute atomic E-state index is 14.1. The zero-order chi connectivity index (χ0) is 17.7. The van der Waals surface area contributed by atoms with E-state index >= 15 is 0 Å². The summed E-state index contributed by atoms with van der Waals surface area (Å²) in [4.78, 5) is 4.37. The number of benzene rings is 1. The molecular formula is C19H24F2N2O. The van der Waals surface area contributed by atoms with Gasteiger partial charge in [0.25, 0.3) is 0 Å². The van der Waals surface area contributed by atoms with E-state index in [1.165, 1.54) is 18.2 Å². The highest BCUT2D eigenvalue weighted by molar-refractivity contribution is 5.67. The predicted molar refractivity (Wildman–Crippen MR) is 91.9 cm³/mol. The van der Waals surface area contributed by atoms with Crippen LogP contribution in [0.15, 0.2) is 30.3 Å². The molecule has 24 heavy (non-hydrogen) atoms. The zero-order valence-corrected chi connectivity index (χ0v) is 14.6. The first-order valence-corrected chi connectivity index (χ1v) is 8.23. The normalized spacial score (nSPS) is 12.5. The van der Waals surface area contributed by atoms with Crippen LogP contribution in [0, 0.1) is 17.6 Å². The van der Waals surface area contributed by atoms with Crippen molar-refractivity contribution in [3.63, 3.8) is 0 Å². The van der Waals surface area contributed by atoms with Crippen LogP contribution in [0.5, 0.6) is 5.75 Å². The molecule has 2 rings (SSSR count). The maximum Gasteiger partial charge on any atom is 0.146 e. The van der Waals surface area contributed by atoms with Gasteiger partial charge < -0.3 is 10.1 Å².